The van der Waals surface area contributed by atoms with Crippen molar-refractivity contribution in [3.05, 3.63) is 89.6 Å². The van der Waals surface area contributed by atoms with E-state index in [1.165, 1.54) is 69.1 Å². The first kappa shape index (κ1) is 51.7. The molecule has 0 N–H and O–H groups in total. The molecular weight excluding hydrogens is 939 g/mol. The van der Waals surface area contributed by atoms with Gasteiger partial charge in [-0.2, -0.15) is 11.3 Å². The van der Waals surface area contributed by atoms with Crippen molar-refractivity contribution in [3.8, 4) is 44.8 Å². The van der Waals surface area contributed by atoms with Gasteiger partial charge in [0.1, 0.15) is 5.75 Å². The minimum atomic E-state index is 0.0379. The van der Waals surface area contributed by atoms with Crippen molar-refractivity contribution < 1.29 is 14.3 Å². The Balaban J connectivity index is 1.31. The minimum Gasteiger partial charge on any atom is -0.492 e. The number of nitrogens with zero attached hydrogens (tertiary/aromatic N) is 1. The van der Waals surface area contributed by atoms with Gasteiger partial charge < -0.3 is 4.74 Å². The molecule has 3 unspecified atom stereocenters. The van der Waals surface area contributed by atoms with Gasteiger partial charge in [0.15, 0.2) is 11.6 Å². The highest BCUT2D eigenvalue weighted by molar-refractivity contribution is 7.30. The molecule has 0 bridgehead atoms. The summed E-state index contributed by atoms with van der Waals surface area (Å²) < 4.78 is 6.86. The molecule has 67 heavy (non-hydrogen) atoms. The van der Waals surface area contributed by atoms with Crippen molar-refractivity contribution in [2.75, 3.05) is 6.61 Å². The Kier molecular flexibility index (Phi) is 19.0. The first-order valence-corrected chi connectivity index (χ1v) is 30.3. The van der Waals surface area contributed by atoms with Crippen LogP contribution >= 0.6 is 68.0 Å². The van der Waals surface area contributed by atoms with Crippen LogP contribution < -0.4 is 4.74 Å². The zero-order chi connectivity index (χ0) is 47.6. The summed E-state index contributed by atoms with van der Waals surface area (Å²) in [5, 5.41) is 0. The highest BCUT2D eigenvalue weighted by Gasteiger charge is 2.42. The van der Waals surface area contributed by atoms with Gasteiger partial charge in [-0.3, -0.25) is 9.59 Å². The lowest BCUT2D eigenvalue weighted by Gasteiger charge is -2.19. The van der Waals surface area contributed by atoms with Crippen LogP contribution in [0.2, 0.25) is 0 Å². The SMILES string of the molecule is [C-]#[N+]c1cc(C)sc1-c1sc(-c2ccc(-c3sc(-c4ccc(C)s4)c4c3C(=O)c3c(CC(CC)CCCC)sc(CC(CC)CCCC)c3C4=O)s2)cc1OCC(CCCC)CCCCCC. The van der Waals surface area contributed by atoms with Crippen LogP contribution in [0.25, 0.3) is 43.9 Å². The fourth-order valence-corrected chi connectivity index (χ4v) is 16.9. The number of ketones is 2. The lowest BCUT2D eigenvalue weighted by Crippen LogP contribution is -2.22. The Morgan fingerprint density at radius 2 is 1.06 bits per heavy atom. The van der Waals surface area contributed by atoms with Crippen molar-refractivity contribution >= 4 is 85.3 Å². The van der Waals surface area contributed by atoms with Gasteiger partial charge in [-0.15, -0.1) is 56.7 Å². The van der Waals surface area contributed by atoms with Crippen molar-refractivity contribution in [1.29, 1.82) is 0 Å². The van der Waals surface area contributed by atoms with Crippen LogP contribution in [-0.4, -0.2) is 18.2 Å². The van der Waals surface area contributed by atoms with Gasteiger partial charge in [0.2, 0.25) is 5.69 Å². The molecule has 1 aliphatic rings. The number of carbonyl (C=O) groups excluding carboxylic acids is 2. The molecule has 358 valence electrons. The van der Waals surface area contributed by atoms with E-state index >= 15 is 9.59 Å². The molecule has 0 aliphatic heterocycles. The average Bonchev–Trinajstić information content (AvgIpc) is 4.20. The van der Waals surface area contributed by atoms with Crippen LogP contribution in [-0.2, 0) is 12.8 Å². The van der Waals surface area contributed by atoms with Gasteiger partial charge in [-0.25, -0.2) is 4.85 Å². The van der Waals surface area contributed by atoms with Crippen molar-refractivity contribution in [1.82, 2.24) is 0 Å². The quantitative estimate of drug-likeness (QED) is 0.0381. The van der Waals surface area contributed by atoms with Crippen LogP contribution in [0, 0.1) is 38.2 Å². The molecule has 0 spiro atoms. The maximum Gasteiger partial charge on any atom is 0.206 e. The molecule has 6 heterocycles. The van der Waals surface area contributed by atoms with Gasteiger partial charge in [0.25, 0.3) is 0 Å². The number of hydrogen-bond donors (Lipinski definition) is 0. The summed E-state index contributed by atoms with van der Waals surface area (Å²) in [6.45, 7) is 26.5. The number of thiophene rings is 6. The molecule has 0 saturated heterocycles. The van der Waals surface area contributed by atoms with E-state index in [9.17, 15) is 0 Å². The van der Waals surface area contributed by atoms with Gasteiger partial charge in [0, 0.05) is 51.3 Å². The van der Waals surface area contributed by atoms with Crippen LogP contribution in [0.4, 0.5) is 5.69 Å². The van der Waals surface area contributed by atoms with E-state index in [0.29, 0.717) is 52.3 Å². The number of unbranched alkanes of at least 4 members (excludes halogenated alkanes) is 6. The van der Waals surface area contributed by atoms with Crippen molar-refractivity contribution in [3.63, 3.8) is 0 Å². The maximum atomic E-state index is 15.6. The summed E-state index contributed by atoms with van der Waals surface area (Å²) in [6.07, 6.45) is 20.5. The third-order valence-electron chi connectivity index (χ3n) is 13.7. The second kappa shape index (κ2) is 24.6. The maximum absolute atomic E-state index is 15.6. The van der Waals surface area contributed by atoms with E-state index in [-0.39, 0.29) is 11.6 Å². The molecule has 0 radical (unpaired) electrons. The number of hydrogen-bond acceptors (Lipinski definition) is 9. The molecule has 10 heteroatoms. The smallest absolute Gasteiger partial charge is 0.206 e. The Morgan fingerprint density at radius 1 is 0.507 bits per heavy atom. The molecule has 6 aromatic heterocycles. The van der Waals surface area contributed by atoms with Gasteiger partial charge in [-0.1, -0.05) is 131 Å². The molecule has 4 nitrogen and oxygen atoms in total. The third-order valence-corrected chi connectivity index (χ3v) is 21.1. The molecule has 6 aromatic rings. The van der Waals surface area contributed by atoms with Crippen LogP contribution in [0.15, 0.2) is 36.4 Å². The Labute approximate surface area is 426 Å². The summed E-state index contributed by atoms with van der Waals surface area (Å²) in [5.74, 6) is 2.41. The Morgan fingerprint density at radius 3 is 1.61 bits per heavy atom. The van der Waals surface area contributed by atoms with E-state index < -0.39 is 0 Å². The van der Waals surface area contributed by atoms with Gasteiger partial charge >= 0.3 is 0 Å². The van der Waals surface area contributed by atoms with E-state index in [4.69, 9.17) is 11.3 Å². The first-order chi connectivity index (χ1) is 32.6. The molecular formula is C57H71NO3S6. The first-order valence-electron chi connectivity index (χ1n) is 25.4. The highest BCUT2D eigenvalue weighted by atomic mass is 32.1. The van der Waals surface area contributed by atoms with E-state index in [2.05, 4.69) is 90.6 Å². The topological polar surface area (TPSA) is 47.7 Å². The predicted octanol–water partition coefficient (Wildman–Crippen LogP) is 20.3. The fraction of sp³-hybridized carbons (Fsp3) is 0.526. The zero-order valence-corrected chi connectivity index (χ0v) is 46.2. The van der Waals surface area contributed by atoms with Gasteiger partial charge in [-0.05, 0) is 92.5 Å². The second-order valence-corrected chi connectivity index (χ2v) is 25.7. The number of carbonyl (C=O) groups is 2. The zero-order valence-electron chi connectivity index (χ0n) is 41.3. The van der Waals surface area contributed by atoms with Crippen LogP contribution in [0.1, 0.15) is 196 Å². The highest BCUT2D eigenvalue weighted by Crippen LogP contribution is 2.55. The summed E-state index contributed by atoms with van der Waals surface area (Å²) in [7, 11) is 0. The number of aryl methyl sites for hydroxylation is 2. The number of ether oxygens (including phenoxy) is 1. The van der Waals surface area contributed by atoms with Crippen LogP contribution in [0.3, 0.4) is 0 Å². The number of fused-ring (bicyclic) bond motifs is 2. The lowest BCUT2D eigenvalue weighted by atomic mass is 9.81. The largest absolute Gasteiger partial charge is 0.492 e. The molecule has 3 atom stereocenters. The van der Waals surface area contributed by atoms with E-state index in [1.54, 1.807) is 68.0 Å². The Bertz CT molecular complexity index is 2630. The second-order valence-electron chi connectivity index (χ2n) is 18.8. The summed E-state index contributed by atoms with van der Waals surface area (Å²) in [6, 6.07) is 12.8. The van der Waals surface area contributed by atoms with Gasteiger partial charge in [0.05, 0.1) is 43.8 Å². The molecule has 0 saturated carbocycles. The Hall–Kier alpha value is -3.17. The average molecular weight is 1010 g/mol. The third kappa shape index (κ3) is 11.9. The number of rotatable bonds is 27. The summed E-state index contributed by atoms with van der Waals surface area (Å²) in [4.78, 5) is 47.7. The van der Waals surface area contributed by atoms with Crippen LogP contribution in [0.5, 0.6) is 5.75 Å². The van der Waals surface area contributed by atoms with Crippen molar-refractivity contribution in [2.24, 2.45) is 17.8 Å². The normalized spacial score (nSPS) is 13.8. The molecule has 0 aromatic carbocycles. The molecule has 7 rings (SSSR count). The van der Waals surface area contributed by atoms with E-state index in [0.717, 1.165) is 111 Å². The fourth-order valence-electron chi connectivity index (χ4n) is 9.70. The molecule has 1 aliphatic carbocycles. The molecule has 0 fully saturated rings. The minimum absolute atomic E-state index is 0.0379. The van der Waals surface area contributed by atoms with E-state index in [1.807, 2.05) is 6.07 Å². The summed E-state index contributed by atoms with van der Waals surface area (Å²) in [5.41, 5.74) is 3.31. The lowest BCUT2D eigenvalue weighted by molar-refractivity contribution is 0.0980. The van der Waals surface area contributed by atoms with Crippen molar-refractivity contribution in [2.45, 2.75) is 171 Å². The predicted molar refractivity (Wildman–Crippen MR) is 296 cm³/mol. The standard InChI is InChI=1S/C57H71NO3S6/c1-10-16-20-21-25-39(24-19-13-4)34-61-41-33-45(66-55(41)54-40(58-9)30-36(8)63-54)42-28-29-44(64-42)57-51-50(56(67-57)43-27-26-35(7)62-43)52(59)48-46(31-37(14-5)22-17-11-2)65-47(49(48)53(51)60)32-38(15-6)23-18-12-3/h26-30,33,37-39H,10-25,31-32,34H2,1-8H3. The molecule has 0 amide bonds. The monoisotopic (exact) mass is 1010 g/mol. The summed E-state index contributed by atoms with van der Waals surface area (Å²) >= 11 is 10.2.